The first-order chi connectivity index (χ1) is 7.92. The van der Waals surface area contributed by atoms with Crippen LogP contribution in [-0.2, 0) is 0 Å². The minimum atomic E-state index is 0.488. The fourth-order valence-corrected chi connectivity index (χ4v) is 2.23. The summed E-state index contributed by atoms with van der Waals surface area (Å²) >= 11 is 0. The van der Waals surface area contributed by atoms with Gasteiger partial charge < -0.3 is 10.1 Å². The Bertz CT molecular complexity index is 318. The number of piperidine rings is 1. The zero-order valence-electron chi connectivity index (χ0n) is 10.0. The summed E-state index contributed by atoms with van der Waals surface area (Å²) in [4.78, 5) is 0. The minimum absolute atomic E-state index is 0.488. The molecule has 1 unspecified atom stereocenters. The van der Waals surface area contributed by atoms with Crippen molar-refractivity contribution in [1.29, 1.82) is 0 Å². The largest absolute Gasteiger partial charge is 0.493 e. The van der Waals surface area contributed by atoms with Gasteiger partial charge in [0.2, 0.25) is 0 Å². The Morgan fingerprint density at radius 1 is 1.31 bits per heavy atom. The van der Waals surface area contributed by atoms with E-state index in [1.165, 1.54) is 24.8 Å². The summed E-state index contributed by atoms with van der Waals surface area (Å²) in [5.74, 6) is 1.06. The smallest absolute Gasteiger partial charge is 0.124 e. The van der Waals surface area contributed by atoms with Crippen molar-refractivity contribution in [2.24, 2.45) is 0 Å². The molecule has 0 amide bonds. The van der Waals surface area contributed by atoms with Gasteiger partial charge in [0.05, 0.1) is 6.61 Å². The molecule has 0 bridgehead atoms. The van der Waals surface area contributed by atoms with Crippen LogP contribution in [0.4, 0.5) is 0 Å². The van der Waals surface area contributed by atoms with E-state index in [1.54, 1.807) is 0 Å². The van der Waals surface area contributed by atoms with E-state index >= 15 is 0 Å². The maximum atomic E-state index is 5.80. The van der Waals surface area contributed by atoms with Crippen molar-refractivity contribution in [3.8, 4) is 5.75 Å². The van der Waals surface area contributed by atoms with Gasteiger partial charge in [-0.2, -0.15) is 0 Å². The fraction of sp³-hybridized carbons (Fsp3) is 0.571. The third kappa shape index (κ3) is 2.76. The molecule has 0 radical (unpaired) electrons. The Morgan fingerprint density at radius 2 is 2.19 bits per heavy atom. The van der Waals surface area contributed by atoms with Crippen LogP contribution in [0, 0.1) is 0 Å². The highest BCUT2D eigenvalue weighted by Gasteiger charge is 2.17. The number of hydrogen-bond donors (Lipinski definition) is 1. The second-order valence-corrected chi connectivity index (χ2v) is 4.39. The molecule has 1 aromatic carbocycles. The normalized spacial score (nSPS) is 20.7. The predicted octanol–water partition coefficient (Wildman–Crippen LogP) is 3.29. The molecule has 1 aliphatic heterocycles. The van der Waals surface area contributed by atoms with Gasteiger partial charge in [0.25, 0.3) is 0 Å². The molecule has 1 aliphatic rings. The quantitative estimate of drug-likeness (QED) is 0.839. The highest BCUT2D eigenvalue weighted by molar-refractivity contribution is 5.36. The lowest BCUT2D eigenvalue weighted by molar-refractivity contribution is 0.305. The number of benzene rings is 1. The van der Waals surface area contributed by atoms with Gasteiger partial charge in [0, 0.05) is 11.6 Å². The Balaban J connectivity index is 2.11. The van der Waals surface area contributed by atoms with Gasteiger partial charge in [-0.25, -0.2) is 0 Å². The molecule has 0 aromatic heterocycles. The number of nitrogens with one attached hydrogen (secondary N) is 1. The molecule has 1 atom stereocenters. The molecule has 1 aromatic rings. The third-order valence-corrected chi connectivity index (χ3v) is 3.07. The number of rotatable bonds is 4. The zero-order valence-corrected chi connectivity index (χ0v) is 10.0. The predicted molar refractivity (Wildman–Crippen MR) is 66.8 cm³/mol. The summed E-state index contributed by atoms with van der Waals surface area (Å²) in [5, 5.41) is 3.57. The van der Waals surface area contributed by atoms with Crippen LogP contribution in [0.1, 0.15) is 44.2 Å². The van der Waals surface area contributed by atoms with Crippen molar-refractivity contribution >= 4 is 0 Å². The highest BCUT2D eigenvalue weighted by atomic mass is 16.5. The molecule has 1 fully saturated rings. The molecular weight excluding hydrogens is 198 g/mol. The molecule has 0 spiro atoms. The van der Waals surface area contributed by atoms with E-state index < -0.39 is 0 Å². The van der Waals surface area contributed by atoms with Crippen molar-refractivity contribution in [3.63, 3.8) is 0 Å². The van der Waals surface area contributed by atoms with Crippen LogP contribution in [0.25, 0.3) is 0 Å². The monoisotopic (exact) mass is 219 g/mol. The van der Waals surface area contributed by atoms with E-state index in [4.69, 9.17) is 4.74 Å². The van der Waals surface area contributed by atoms with Crippen LogP contribution < -0.4 is 10.1 Å². The van der Waals surface area contributed by atoms with Gasteiger partial charge in [-0.15, -0.1) is 0 Å². The minimum Gasteiger partial charge on any atom is -0.493 e. The highest BCUT2D eigenvalue weighted by Crippen LogP contribution is 2.30. The summed E-state index contributed by atoms with van der Waals surface area (Å²) in [6, 6.07) is 8.92. The molecule has 2 nitrogen and oxygen atoms in total. The first-order valence-corrected chi connectivity index (χ1v) is 6.37. The lowest BCUT2D eigenvalue weighted by atomic mass is 9.97. The van der Waals surface area contributed by atoms with E-state index in [-0.39, 0.29) is 0 Å². The first-order valence-electron chi connectivity index (χ1n) is 6.37. The van der Waals surface area contributed by atoms with Crippen LogP contribution in [0.3, 0.4) is 0 Å². The van der Waals surface area contributed by atoms with Crippen LogP contribution >= 0.6 is 0 Å². The number of ether oxygens (including phenoxy) is 1. The Kier molecular flexibility index (Phi) is 4.23. The van der Waals surface area contributed by atoms with Crippen molar-refractivity contribution in [2.45, 2.75) is 38.6 Å². The van der Waals surface area contributed by atoms with Gasteiger partial charge in [0.1, 0.15) is 5.75 Å². The zero-order chi connectivity index (χ0) is 11.2. The summed E-state index contributed by atoms with van der Waals surface area (Å²) in [6.07, 6.45) is 4.91. The average molecular weight is 219 g/mol. The van der Waals surface area contributed by atoms with Crippen LogP contribution in [0.2, 0.25) is 0 Å². The summed E-state index contributed by atoms with van der Waals surface area (Å²) in [5.41, 5.74) is 1.33. The first kappa shape index (κ1) is 11.5. The van der Waals surface area contributed by atoms with Gasteiger partial charge in [0.15, 0.2) is 0 Å². The fourth-order valence-electron chi connectivity index (χ4n) is 2.23. The number of hydrogen-bond acceptors (Lipinski definition) is 2. The lowest BCUT2D eigenvalue weighted by Crippen LogP contribution is -2.27. The summed E-state index contributed by atoms with van der Waals surface area (Å²) in [7, 11) is 0. The lowest BCUT2D eigenvalue weighted by Gasteiger charge is -2.25. The second-order valence-electron chi connectivity index (χ2n) is 4.39. The van der Waals surface area contributed by atoms with Crippen molar-refractivity contribution < 1.29 is 4.74 Å². The van der Waals surface area contributed by atoms with Crippen molar-refractivity contribution in [1.82, 2.24) is 5.32 Å². The Morgan fingerprint density at radius 3 is 2.94 bits per heavy atom. The molecule has 88 valence electrons. The van der Waals surface area contributed by atoms with E-state index in [1.807, 2.05) is 0 Å². The van der Waals surface area contributed by atoms with Gasteiger partial charge in [-0.05, 0) is 31.9 Å². The maximum absolute atomic E-state index is 5.80. The van der Waals surface area contributed by atoms with Gasteiger partial charge in [-0.3, -0.25) is 0 Å². The number of para-hydroxylation sites is 1. The maximum Gasteiger partial charge on any atom is 0.124 e. The molecule has 1 saturated heterocycles. The van der Waals surface area contributed by atoms with E-state index in [2.05, 4.69) is 36.5 Å². The average Bonchev–Trinajstić information content (AvgIpc) is 2.38. The topological polar surface area (TPSA) is 21.3 Å². The molecule has 2 heteroatoms. The van der Waals surface area contributed by atoms with E-state index in [0.29, 0.717) is 6.04 Å². The van der Waals surface area contributed by atoms with Crippen molar-refractivity contribution in [2.75, 3.05) is 13.2 Å². The summed E-state index contributed by atoms with van der Waals surface area (Å²) in [6.45, 7) is 4.08. The molecule has 16 heavy (non-hydrogen) atoms. The van der Waals surface area contributed by atoms with Crippen molar-refractivity contribution in [3.05, 3.63) is 29.8 Å². The molecule has 1 heterocycles. The van der Waals surface area contributed by atoms with Crippen LogP contribution in [0.15, 0.2) is 24.3 Å². The molecular formula is C14H21NO. The van der Waals surface area contributed by atoms with Crippen LogP contribution in [-0.4, -0.2) is 13.2 Å². The standard InChI is InChI=1S/C14H21NO/c1-2-11-16-14-9-4-3-7-12(14)13-8-5-6-10-15-13/h3-4,7,9,13,15H,2,5-6,8,10-11H2,1H3. The molecule has 2 rings (SSSR count). The van der Waals surface area contributed by atoms with Gasteiger partial charge >= 0.3 is 0 Å². The Hall–Kier alpha value is -1.02. The molecule has 0 aliphatic carbocycles. The second kappa shape index (κ2) is 5.90. The van der Waals surface area contributed by atoms with E-state index in [0.717, 1.165) is 25.3 Å². The van der Waals surface area contributed by atoms with Gasteiger partial charge in [-0.1, -0.05) is 31.5 Å². The SMILES string of the molecule is CCCOc1ccccc1C1CCCCN1. The van der Waals surface area contributed by atoms with Crippen LogP contribution in [0.5, 0.6) is 5.75 Å². The third-order valence-electron chi connectivity index (χ3n) is 3.07. The summed E-state index contributed by atoms with van der Waals surface area (Å²) < 4.78 is 5.80. The van der Waals surface area contributed by atoms with E-state index in [9.17, 15) is 0 Å². The Labute approximate surface area is 98.0 Å². The molecule has 0 saturated carbocycles. The molecule has 1 N–H and O–H groups in total.